The first-order chi connectivity index (χ1) is 5.74. The summed E-state index contributed by atoms with van der Waals surface area (Å²) in [6.45, 7) is 1.48. The predicted molar refractivity (Wildman–Crippen MR) is 45.1 cm³/mol. The monoisotopic (exact) mass is 157 g/mol. The minimum atomic E-state index is -0.0219. The van der Waals surface area contributed by atoms with Gasteiger partial charge in [0.1, 0.15) is 0 Å². The van der Waals surface area contributed by atoms with E-state index in [1.807, 2.05) is 6.07 Å². The molecular formula is C10H7NO. The number of ketones is 1. The van der Waals surface area contributed by atoms with Crippen LogP contribution in [0.1, 0.15) is 6.92 Å². The van der Waals surface area contributed by atoms with Crippen LogP contribution in [0, 0.1) is 11.3 Å². The number of hydrogen-bond donors (Lipinski definition) is 0. The Labute approximate surface area is 70.8 Å². The maximum atomic E-state index is 10.9. The molecule has 1 aliphatic carbocycles. The fourth-order valence-electron chi connectivity index (χ4n) is 0.786. The first-order valence-corrected chi connectivity index (χ1v) is 3.49. The van der Waals surface area contributed by atoms with Gasteiger partial charge in [0.25, 0.3) is 0 Å². The van der Waals surface area contributed by atoms with Gasteiger partial charge in [-0.15, -0.1) is 5.73 Å². The molecule has 0 bridgehead atoms. The molecule has 0 amide bonds. The number of nitriles is 1. The quantitative estimate of drug-likeness (QED) is 0.543. The number of carbonyl (C=O) groups is 1. The average molecular weight is 157 g/mol. The van der Waals surface area contributed by atoms with Gasteiger partial charge in [-0.1, -0.05) is 0 Å². The van der Waals surface area contributed by atoms with Crippen molar-refractivity contribution in [3.8, 4) is 6.07 Å². The van der Waals surface area contributed by atoms with E-state index < -0.39 is 0 Å². The van der Waals surface area contributed by atoms with Crippen molar-refractivity contribution in [2.45, 2.75) is 6.92 Å². The summed E-state index contributed by atoms with van der Waals surface area (Å²) >= 11 is 0. The summed E-state index contributed by atoms with van der Waals surface area (Å²) in [5.41, 5.74) is 3.82. The molecule has 0 N–H and O–H groups in total. The smallest absolute Gasteiger partial charge is 0.160 e. The molecule has 0 saturated heterocycles. The number of rotatable bonds is 1. The maximum absolute atomic E-state index is 10.9. The SMILES string of the molecule is CC(=O)C1=CC=C(C#N)C=C=C1. The van der Waals surface area contributed by atoms with E-state index in [0.717, 1.165) is 0 Å². The van der Waals surface area contributed by atoms with Crippen LogP contribution in [-0.2, 0) is 4.79 Å². The summed E-state index contributed by atoms with van der Waals surface area (Å²) in [6.07, 6.45) is 6.35. The average Bonchev–Trinajstić information content (AvgIpc) is 2.28. The lowest BCUT2D eigenvalue weighted by Gasteiger charge is -1.88. The number of nitrogens with zero attached hydrogens (tertiary/aromatic N) is 1. The summed E-state index contributed by atoms with van der Waals surface area (Å²) in [6, 6.07) is 1.97. The lowest BCUT2D eigenvalue weighted by Crippen LogP contribution is -1.90. The van der Waals surface area contributed by atoms with Gasteiger partial charge in [0.05, 0.1) is 11.6 Å². The Balaban J connectivity index is 3.08. The number of carbonyl (C=O) groups excluding carboxylic acids is 1. The van der Waals surface area contributed by atoms with Crippen LogP contribution < -0.4 is 0 Å². The van der Waals surface area contributed by atoms with Crippen molar-refractivity contribution in [3.05, 3.63) is 41.2 Å². The number of hydrogen-bond acceptors (Lipinski definition) is 2. The van der Waals surface area contributed by atoms with E-state index in [4.69, 9.17) is 5.26 Å². The fraction of sp³-hybridized carbons (Fsp3) is 0.100. The molecule has 0 heterocycles. The summed E-state index contributed by atoms with van der Waals surface area (Å²) < 4.78 is 0. The van der Waals surface area contributed by atoms with Crippen molar-refractivity contribution < 1.29 is 4.79 Å². The number of allylic oxidation sites excluding steroid dienone is 5. The molecule has 58 valence electrons. The van der Waals surface area contributed by atoms with Crippen molar-refractivity contribution in [1.29, 1.82) is 5.26 Å². The Kier molecular flexibility index (Phi) is 2.42. The van der Waals surface area contributed by atoms with Crippen LogP contribution in [0.5, 0.6) is 0 Å². The van der Waals surface area contributed by atoms with E-state index in [1.54, 1.807) is 24.3 Å². The van der Waals surface area contributed by atoms with Gasteiger partial charge in [-0.2, -0.15) is 5.26 Å². The van der Waals surface area contributed by atoms with Crippen molar-refractivity contribution in [2.24, 2.45) is 0 Å². The van der Waals surface area contributed by atoms with Gasteiger partial charge >= 0.3 is 0 Å². The molecule has 0 fully saturated rings. The summed E-state index contributed by atoms with van der Waals surface area (Å²) in [5, 5.41) is 8.52. The molecule has 0 aromatic carbocycles. The first-order valence-electron chi connectivity index (χ1n) is 3.49. The fourth-order valence-corrected chi connectivity index (χ4v) is 0.786. The normalized spacial score (nSPS) is 14.3. The van der Waals surface area contributed by atoms with E-state index in [0.29, 0.717) is 11.1 Å². The zero-order chi connectivity index (χ0) is 8.97. The first kappa shape index (κ1) is 8.26. The highest BCUT2D eigenvalue weighted by molar-refractivity contribution is 5.96. The lowest BCUT2D eigenvalue weighted by molar-refractivity contribution is -0.113. The molecule has 0 aromatic heterocycles. The van der Waals surface area contributed by atoms with E-state index in [2.05, 4.69) is 5.73 Å². The van der Waals surface area contributed by atoms with Gasteiger partial charge in [0, 0.05) is 5.57 Å². The second-order valence-corrected chi connectivity index (χ2v) is 2.37. The Bertz CT molecular complexity index is 371. The molecule has 1 aliphatic rings. The van der Waals surface area contributed by atoms with E-state index in [-0.39, 0.29) is 5.78 Å². The van der Waals surface area contributed by atoms with E-state index in [9.17, 15) is 4.79 Å². The molecular weight excluding hydrogens is 150 g/mol. The van der Waals surface area contributed by atoms with Crippen LogP contribution in [0.2, 0.25) is 0 Å². The highest BCUT2D eigenvalue weighted by Crippen LogP contribution is 2.05. The molecule has 0 spiro atoms. The van der Waals surface area contributed by atoms with Crippen LogP contribution in [-0.4, -0.2) is 5.78 Å². The Morgan fingerprint density at radius 2 is 2.25 bits per heavy atom. The van der Waals surface area contributed by atoms with Crippen LogP contribution in [0.4, 0.5) is 0 Å². The second-order valence-electron chi connectivity index (χ2n) is 2.37. The van der Waals surface area contributed by atoms with Gasteiger partial charge < -0.3 is 0 Å². The third-order valence-electron chi connectivity index (χ3n) is 1.46. The molecule has 1 rings (SSSR count). The van der Waals surface area contributed by atoms with Crippen molar-refractivity contribution in [1.82, 2.24) is 0 Å². The standard InChI is InChI=1S/C10H7NO/c1-8(12)10-4-2-3-9(7-11)5-6-10/h3-6H,1H3. The maximum Gasteiger partial charge on any atom is 0.160 e. The number of Topliss-reactive ketones (excluding diaryl/α,β-unsaturated/α-hetero) is 1. The summed E-state index contributed by atoms with van der Waals surface area (Å²) in [5.74, 6) is -0.0219. The van der Waals surface area contributed by atoms with Gasteiger partial charge in [-0.05, 0) is 31.2 Å². The van der Waals surface area contributed by atoms with Crippen molar-refractivity contribution >= 4 is 5.78 Å². The largest absolute Gasteiger partial charge is 0.294 e. The molecule has 0 atom stereocenters. The van der Waals surface area contributed by atoms with E-state index >= 15 is 0 Å². The molecule has 2 nitrogen and oxygen atoms in total. The van der Waals surface area contributed by atoms with Crippen LogP contribution in [0.3, 0.4) is 0 Å². The van der Waals surface area contributed by atoms with Crippen LogP contribution >= 0.6 is 0 Å². The molecule has 0 radical (unpaired) electrons. The van der Waals surface area contributed by atoms with Crippen LogP contribution in [0.15, 0.2) is 41.2 Å². The molecule has 0 aromatic rings. The molecule has 2 heteroatoms. The predicted octanol–water partition coefficient (Wildman–Crippen LogP) is 1.68. The molecule has 0 unspecified atom stereocenters. The van der Waals surface area contributed by atoms with E-state index in [1.165, 1.54) is 6.92 Å². The molecule has 0 saturated carbocycles. The Hall–Kier alpha value is -1.84. The van der Waals surface area contributed by atoms with Crippen LogP contribution in [0.25, 0.3) is 0 Å². The minimum absolute atomic E-state index is 0.0219. The Morgan fingerprint density at radius 3 is 2.83 bits per heavy atom. The zero-order valence-electron chi connectivity index (χ0n) is 6.66. The Morgan fingerprint density at radius 1 is 1.50 bits per heavy atom. The van der Waals surface area contributed by atoms with Crippen molar-refractivity contribution in [2.75, 3.05) is 0 Å². The summed E-state index contributed by atoms with van der Waals surface area (Å²) in [7, 11) is 0. The highest BCUT2D eigenvalue weighted by Gasteiger charge is 1.99. The third-order valence-corrected chi connectivity index (χ3v) is 1.46. The summed E-state index contributed by atoms with van der Waals surface area (Å²) in [4.78, 5) is 10.9. The highest BCUT2D eigenvalue weighted by atomic mass is 16.1. The molecule has 12 heavy (non-hydrogen) atoms. The van der Waals surface area contributed by atoms with Gasteiger partial charge in [0.15, 0.2) is 5.78 Å². The van der Waals surface area contributed by atoms with Crippen molar-refractivity contribution in [3.63, 3.8) is 0 Å². The topological polar surface area (TPSA) is 40.9 Å². The third kappa shape index (κ3) is 1.82. The van der Waals surface area contributed by atoms with Gasteiger partial charge in [-0.3, -0.25) is 4.79 Å². The zero-order valence-corrected chi connectivity index (χ0v) is 6.66. The molecule has 0 aliphatic heterocycles. The second kappa shape index (κ2) is 3.52. The minimum Gasteiger partial charge on any atom is -0.294 e. The van der Waals surface area contributed by atoms with Gasteiger partial charge in [-0.25, -0.2) is 0 Å². The lowest BCUT2D eigenvalue weighted by atomic mass is 10.2. The van der Waals surface area contributed by atoms with Gasteiger partial charge in [0.2, 0.25) is 0 Å².